The molecular weight excluding hydrogens is 248 g/mol. The van der Waals surface area contributed by atoms with Crippen LogP contribution in [-0.4, -0.2) is 32.1 Å². The summed E-state index contributed by atoms with van der Waals surface area (Å²) < 4.78 is 22.3. The molecule has 0 radical (unpaired) electrons. The Morgan fingerprint density at radius 2 is 1.83 bits per heavy atom. The standard InChI is InChI=1S/C14H22O3S/c1-3-14(12-15,10-7-11-18(2,16)17)13-8-5-4-6-9-13/h4-6,8-9,15H,3,7,10-12H2,1-2H3. The molecule has 3 nitrogen and oxygen atoms in total. The second-order valence-corrected chi connectivity index (χ2v) is 7.15. The van der Waals surface area contributed by atoms with Gasteiger partial charge in [0.15, 0.2) is 0 Å². The zero-order chi connectivity index (χ0) is 13.6. The maximum atomic E-state index is 11.2. The van der Waals surface area contributed by atoms with Gasteiger partial charge in [0.05, 0.1) is 6.61 Å². The number of hydrogen-bond donors (Lipinski definition) is 1. The van der Waals surface area contributed by atoms with Crippen LogP contribution in [0.4, 0.5) is 0 Å². The number of aliphatic hydroxyl groups is 1. The number of rotatable bonds is 7. The molecule has 102 valence electrons. The molecule has 0 fully saturated rings. The number of aliphatic hydroxyl groups excluding tert-OH is 1. The lowest BCUT2D eigenvalue weighted by atomic mass is 9.75. The molecule has 1 N–H and O–H groups in total. The fraction of sp³-hybridized carbons (Fsp3) is 0.571. The Labute approximate surface area is 110 Å². The third-order valence-electron chi connectivity index (χ3n) is 3.54. The van der Waals surface area contributed by atoms with Gasteiger partial charge in [-0.05, 0) is 24.8 Å². The minimum atomic E-state index is -2.93. The summed E-state index contributed by atoms with van der Waals surface area (Å²) in [7, 11) is -2.93. The molecule has 1 aromatic carbocycles. The van der Waals surface area contributed by atoms with Crippen LogP contribution in [0.3, 0.4) is 0 Å². The van der Waals surface area contributed by atoms with Crippen LogP contribution in [0.2, 0.25) is 0 Å². The normalized spacial score (nSPS) is 15.3. The highest BCUT2D eigenvalue weighted by Gasteiger charge is 2.29. The smallest absolute Gasteiger partial charge is 0.147 e. The van der Waals surface area contributed by atoms with Crippen molar-refractivity contribution >= 4 is 9.84 Å². The Bertz CT molecular complexity index is 447. The van der Waals surface area contributed by atoms with Crippen molar-refractivity contribution in [2.75, 3.05) is 18.6 Å². The molecule has 0 bridgehead atoms. The topological polar surface area (TPSA) is 54.4 Å². The SMILES string of the molecule is CCC(CO)(CCCS(C)(=O)=O)c1ccccc1. The van der Waals surface area contributed by atoms with E-state index in [4.69, 9.17) is 0 Å². The van der Waals surface area contributed by atoms with Gasteiger partial charge in [0.1, 0.15) is 9.84 Å². The number of sulfone groups is 1. The van der Waals surface area contributed by atoms with Gasteiger partial charge in [-0.1, -0.05) is 37.3 Å². The first-order valence-electron chi connectivity index (χ1n) is 6.27. The largest absolute Gasteiger partial charge is 0.395 e. The van der Waals surface area contributed by atoms with Gasteiger partial charge in [-0.2, -0.15) is 0 Å². The zero-order valence-corrected chi connectivity index (χ0v) is 11.9. The highest BCUT2D eigenvalue weighted by atomic mass is 32.2. The van der Waals surface area contributed by atoms with E-state index in [1.807, 2.05) is 37.3 Å². The molecule has 1 atom stereocenters. The summed E-state index contributed by atoms with van der Waals surface area (Å²) in [5.74, 6) is 0.182. The third-order valence-corrected chi connectivity index (χ3v) is 4.57. The summed E-state index contributed by atoms with van der Waals surface area (Å²) in [4.78, 5) is 0. The van der Waals surface area contributed by atoms with E-state index in [9.17, 15) is 13.5 Å². The molecule has 0 spiro atoms. The van der Waals surface area contributed by atoms with Crippen LogP contribution in [0.1, 0.15) is 31.7 Å². The van der Waals surface area contributed by atoms with Crippen molar-refractivity contribution in [3.63, 3.8) is 0 Å². The average molecular weight is 270 g/mol. The first kappa shape index (κ1) is 15.2. The monoisotopic (exact) mass is 270 g/mol. The van der Waals surface area contributed by atoms with Crippen LogP contribution in [0.5, 0.6) is 0 Å². The summed E-state index contributed by atoms with van der Waals surface area (Å²) in [5, 5.41) is 9.71. The Morgan fingerprint density at radius 3 is 2.28 bits per heavy atom. The summed E-state index contributed by atoms with van der Waals surface area (Å²) >= 11 is 0. The van der Waals surface area contributed by atoms with Crippen LogP contribution in [0, 0.1) is 0 Å². The van der Waals surface area contributed by atoms with Crippen LogP contribution >= 0.6 is 0 Å². The van der Waals surface area contributed by atoms with Crippen molar-refractivity contribution in [2.45, 2.75) is 31.6 Å². The lowest BCUT2D eigenvalue weighted by Crippen LogP contribution is -2.30. The first-order chi connectivity index (χ1) is 8.43. The minimum absolute atomic E-state index is 0.0529. The Kier molecular flexibility index (Phi) is 5.35. The summed E-state index contributed by atoms with van der Waals surface area (Å²) in [6.07, 6.45) is 3.33. The molecule has 0 saturated carbocycles. The van der Waals surface area contributed by atoms with E-state index in [0.29, 0.717) is 12.8 Å². The van der Waals surface area contributed by atoms with Crippen LogP contribution in [0.25, 0.3) is 0 Å². The highest BCUT2D eigenvalue weighted by molar-refractivity contribution is 7.90. The number of hydrogen-bond acceptors (Lipinski definition) is 3. The van der Waals surface area contributed by atoms with Crippen molar-refractivity contribution in [1.82, 2.24) is 0 Å². The van der Waals surface area contributed by atoms with E-state index < -0.39 is 9.84 Å². The van der Waals surface area contributed by atoms with Crippen molar-refractivity contribution in [3.05, 3.63) is 35.9 Å². The maximum Gasteiger partial charge on any atom is 0.147 e. The highest BCUT2D eigenvalue weighted by Crippen LogP contribution is 2.32. The molecular formula is C14H22O3S. The van der Waals surface area contributed by atoms with Crippen molar-refractivity contribution in [2.24, 2.45) is 0 Å². The maximum absolute atomic E-state index is 11.2. The molecule has 0 aromatic heterocycles. The Morgan fingerprint density at radius 1 is 1.22 bits per heavy atom. The van der Waals surface area contributed by atoms with E-state index in [1.165, 1.54) is 6.26 Å². The Hall–Kier alpha value is -0.870. The fourth-order valence-corrected chi connectivity index (χ4v) is 2.94. The molecule has 0 saturated heterocycles. The van der Waals surface area contributed by atoms with Gasteiger partial charge in [0.2, 0.25) is 0 Å². The van der Waals surface area contributed by atoms with E-state index >= 15 is 0 Å². The first-order valence-corrected chi connectivity index (χ1v) is 8.34. The van der Waals surface area contributed by atoms with Gasteiger partial charge >= 0.3 is 0 Å². The van der Waals surface area contributed by atoms with Crippen LogP contribution < -0.4 is 0 Å². The van der Waals surface area contributed by atoms with Crippen LogP contribution in [-0.2, 0) is 15.3 Å². The zero-order valence-electron chi connectivity index (χ0n) is 11.1. The van der Waals surface area contributed by atoms with E-state index in [-0.39, 0.29) is 17.8 Å². The number of benzene rings is 1. The molecule has 1 rings (SSSR count). The van der Waals surface area contributed by atoms with Gasteiger partial charge in [0.25, 0.3) is 0 Å². The molecule has 0 aliphatic rings. The minimum Gasteiger partial charge on any atom is -0.395 e. The summed E-state index contributed by atoms with van der Waals surface area (Å²) in [6.45, 7) is 2.08. The van der Waals surface area contributed by atoms with Crippen molar-refractivity contribution in [3.8, 4) is 0 Å². The molecule has 1 unspecified atom stereocenters. The second kappa shape index (κ2) is 6.34. The van der Waals surface area contributed by atoms with E-state index in [2.05, 4.69) is 0 Å². The lowest BCUT2D eigenvalue weighted by molar-refractivity contribution is 0.177. The predicted octanol–water partition coefficient (Wildman–Crippen LogP) is 2.15. The molecule has 4 heteroatoms. The molecule has 1 aromatic rings. The van der Waals surface area contributed by atoms with Crippen molar-refractivity contribution in [1.29, 1.82) is 0 Å². The average Bonchev–Trinajstić information content (AvgIpc) is 2.35. The van der Waals surface area contributed by atoms with Crippen molar-refractivity contribution < 1.29 is 13.5 Å². The third kappa shape index (κ3) is 4.10. The predicted molar refractivity (Wildman–Crippen MR) is 74.4 cm³/mol. The quantitative estimate of drug-likeness (QED) is 0.826. The van der Waals surface area contributed by atoms with Crippen LogP contribution in [0.15, 0.2) is 30.3 Å². The van der Waals surface area contributed by atoms with E-state index in [0.717, 1.165) is 12.0 Å². The summed E-state index contributed by atoms with van der Waals surface area (Å²) in [5.41, 5.74) is 0.773. The van der Waals surface area contributed by atoms with Gasteiger partial charge in [0, 0.05) is 17.4 Å². The molecule has 0 amide bonds. The second-order valence-electron chi connectivity index (χ2n) is 4.89. The van der Waals surface area contributed by atoms with Gasteiger partial charge in [-0.25, -0.2) is 8.42 Å². The summed E-state index contributed by atoms with van der Waals surface area (Å²) in [6, 6.07) is 9.84. The molecule has 0 aliphatic carbocycles. The molecule has 18 heavy (non-hydrogen) atoms. The van der Waals surface area contributed by atoms with Gasteiger partial charge in [-0.15, -0.1) is 0 Å². The molecule has 0 aliphatic heterocycles. The van der Waals surface area contributed by atoms with Gasteiger partial charge < -0.3 is 5.11 Å². The fourth-order valence-electron chi connectivity index (χ4n) is 2.27. The molecule has 0 heterocycles. The lowest BCUT2D eigenvalue weighted by Gasteiger charge is -2.31. The Balaban J connectivity index is 2.82. The van der Waals surface area contributed by atoms with Gasteiger partial charge in [-0.3, -0.25) is 0 Å². The van der Waals surface area contributed by atoms with E-state index in [1.54, 1.807) is 0 Å².